The summed E-state index contributed by atoms with van der Waals surface area (Å²) in [5.41, 5.74) is 20.7. The van der Waals surface area contributed by atoms with E-state index in [2.05, 4.69) is 296 Å². The Morgan fingerprint density at radius 3 is 1.51 bits per heavy atom. The SMILES string of the molecule is CC1CC=CC=C1c1cccc(N(c2ccccc2-c2ccccc2)c2cc3c(cc2-c2ccc(N(c4ccccc4)c4ccccc4)cc2)-c2ccccc2C3(c2ccccc2)c2ccccc2)c1. The molecule has 12 rings (SSSR count). The average molecular weight is 897 g/mol. The van der Waals surface area contributed by atoms with Crippen LogP contribution in [0.5, 0.6) is 0 Å². The Morgan fingerprint density at radius 1 is 0.357 bits per heavy atom. The molecule has 334 valence electrons. The van der Waals surface area contributed by atoms with Crippen molar-refractivity contribution in [2.75, 3.05) is 9.80 Å². The summed E-state index contributed by atoms with van der Waals surface area (Å²) in [6, 6.07) is 95.9. The molecule has 70 heavy (non-hydrogen) atoms. The first-order valence-electron chi connectivity index (χ1n) is 24.5. The van der Waals surface area contributed by atoms with E-state index in [0.717, 1.165) is 62.8 Å². The van der Waals surface area contributed by atoms with Crippen LogP contribution in [0.1, 0.15) is 41.2 Å². The summed E-state index contributed by atoms with van der Waals surface area (Å²) < 4.78 is 0. The molecule has 0 bridgehead atoms. The number of nitrogens with zero attached hydrogens (tertiary/aromatic N) is 2. The van der Waals surface area contributed by atoms with Crippen LogP contribution in [0.4, 0.5) is 34.1 Å². The van der Waals surface area contributed by atoms with Gasteiger partial charge in [-0.1, -0.05) is 219 Å². The molecule has 0 heterocycles. The van der Waals surface area contributed by atoms with Crippen LogP contribution in [0, 0.1) is 5.92 Å². The Balaban J connectivity index is 1.17. The number of anilines is 6. The predicted molar refractivity (Wildman–Crippen MR) is 295 cm³/mol. The summed E-state index contributed by atoms with van der Waals surface area (Å²) in [6.45, 7) is 2.34. The Labute approximate surface area is 412 Å². The standard InChI is InChI=1S/C68H52N2/c1-49-24-17-18-37-59(49)52-27-23-36-58(46-52)70(66-41-22-20-38-60(66)50-25-7-2-8-26-50)67-48-65-63(61-39-19-21-40-64(61)68(65,53-28-9-3-10-29-53)54-30-11-4-12-31-54)47-62(67)51-42-44-57(45-43-51)69(55-32-13-5-14-33-55)56-34-15-6-16-35-56/h2-23,25-49H,24H2,1H3. The van der Waals surface area contributed by atoms with Crippen LogP contribution in [0.25, 0.3) is 39.0 Å². The molecule has 0 saturated carbocycles. The van der Waals surface area contributed by atoms with Crippen LogP contribution in [-0.4, -0.2) is 0 Å². The van der Waals surface area contributed by atoms with Gasteiger partial charge < -0.3 is 9.80 Å². The second-order valence-electron chi connectivity index (χ2n) is 18.5. The molecule has 1 atom stereocenters. The molecule has 0 N–H and O–H groups in total. The van der Waals surface area contributed by atoms with E-state index >= 15 is 0 Å². The third kappa shape index (κ3) is 7.46. The van der Waals surface area contributed by atoms with Crippen molar-refractivity contribution in [1.82, 2.24) is 0 Å². The summed E-state index contributed by atoms with van der Waals surface area (Å²) in [7, 11) is 0. The number of hydrogen-bond donors (Lipinski definition) is 0. The highest BCUT2D eigenvalue weighted by Crippen LogP contribution is 2.59. The fourth-order valence-electron chi connectivity index (χ4n) is 11.2. The molecule has 0 saturated heterocycles. The first-order chi connectivity index (χ1) is 34.7. The highest BCUT2D eigenvalue weighted by atomic mass is 15.2. The van der Waals surface area contributed by atoms with Gasteiger partial charge in [0.2, 0.25) is 0 Å². The predicted octanol–water partition coefficient (Wildman–Crippen LogP) is 18.3. The van der Waals surface area contributed by atoms with Crippen molar-refractivity contribution in [3.8, 4) is 33.4 Å². The Hall–Kier alpha value is -8.72. The smallest absolute Gasteiger partial charge is 0.0714 e. The zero-order valence-corrected chi connectivity index (χ0v) is 39.2. The van der Waals surface area contributed by atoms with Gasteiger partial charge in [-0.3, -0.25) is 0 Å². The lowest BCUT2D eigenvalue weighted by Crippen LogP contribution is -2.28. The van der Waals surface area contributed by atoms with Crippen LogP contribution in [-0.2, 0) is 5.41 Å². The summed E-state index contributed by atoms with van der Waals surface area (Å²) in [6.07, 6.45) is 7.83. The fraction of sp³-hybridized carbons (Fsp3) is 0.0588. The molecule has 0 radical (unpaired) electrons. The maximum Gasteiger partial charge on any atom is 0.0714 e. The lowest BCUT2D eigenvalue weighted by atomic mass is 9.67. The van der Waals surface area contributed by atoms with Gasteiger partial charge in [0, 0.05) is 33.9 Å². The number of hydrogen-bond acceptors (Lipinski definition) is 2. The molecule has 2 heteroatoms. The molecule has 0 amide bonds. The van der Waals surface area contributed by atoms with Crippen molar-refractivity contribution < 1.29 is 0 Å². The van der Waals surface area contributed by atoms with Crippen LogP contribution in [0.3, 0.4) is 0 Å². The maximum atomic E-state index is 2.54. The van der Waals surface area contributed by atoms with Gasteiger partial charge in [0.15, 0.2) is 0 Å². The summed E-state index contributed by atoms with van der Waals surface area (Å²) in [5.74, 6) is 0.404. The molecule has 0 fully saturated rings. The number of benzene rings is 10. The fourth-order valence-corrected chi connectivity index (χ4v) is 11.2. The van der Waals surface area contributed by atoms with E-state index in [4.69, 9.17) is 0 Å². The second kappa shape index (κ2) is 18.4. The van der Waals surface area contributed by atoms with Crippen LogP contribution >= 0.6 is 0 Å². The van der Waals surface area contributed by atoms with Gasteiger partial charge in [-0.05, 0) is 135 Å². The Bertz CT molecular complexity index is 3430. The highest BCUT2D eigenvalue weighted by Gasteiger charge is 2.47. The van der Waals surface area contributed by atoms with Gasteiger partial charge in [0.1, 0.15) is 0 Å². The Kier molecular flexibility index (Phi) is 11.2. The van der Waals surface area contributed by atoms with Gasteiger partial charge in [-0.15, -0.1) is 0 Å². The lowest BCUT2D eigenvalue weighted by molar-refractivity contribution is 0.758. The van der Waals surface area contributed by atoms with E-state index in [1.165, 1.54) is 44.5 Å². The molecular weight excluding hydrogens is 845 g/mol. The minimum Gasteiger partial charge on any atom is -0.311 e. The number of rotatable bonds is 11. The number of allylic oxidation sites excluding steroid dienone is 4. The van der Waals surface area contributed by atoms with Gasteiger partial charge in [-0.2, -0.15) is 0 Å². The normalized spacial score (nSPS) is 14.3. The largest absolute Gasteiger partial charge is 0.311 e. The third-order valence-electron chi connectivity index (χ3n) is 14.4. The molecule has 2 aliphatic rings. The summed E-state index contributed by atoms with van der Waals surface area (Å²) >= 11 is 0. The van der Waals surface area contributed by atoms with Crippen molar-refractivity contribution >= 4 is 39.7 Å². The van der Waals surface area contributed by atoms with Gasteiger partial charge in [-0.25, -0.2) is 0 Å². The van der Waals surface area contributed by atoms with Crippen molar-refractivity contribution in [2.45, 2.75) is 18.8 Å². The van der Waals surface area contributed by atoms with Crippen molar-refractivity contribution in [1.29, 1.82) is 0 Å². The second-order valence-corrected chi connectivity index (χ2v) is 18.5. The molecule has 10 aromatic carbocycles. The van der Waals surface area contributed by atoms with Gasteiger partial charge in [0.25, 0.3) is 0 Å². The van der Waals surface area contributed by atoms with Crippen LogP contribution < -0.4 is 9.80 Å². The summed E-state index contributed by atoms with van der Waals surface area (Å²) in [4.78, 5) is 4.88. The van der Waals surface area contributed by atoms with E-state index in [9.17, 15) is 0 Å². The van der Waals surface area contributed by atoms with Crippen LogP contribution in [0.2, 0.25) is 0 Å². The molecule has 10 aromatic rings. The van der Waals surface area contributed by atoms with E-state index in [0.29, 0.717) is 5.92 Å². The summed E-state index contributed by atoms with van der Waals surface area (Å²) in [5, 5.41) is 0. The van der Waals surface area contributed by atoms with Crippen molar-refractivity contribution in [3.63, 3.8) is 0 Å². The van der Waals surface area contributed by atoms with E-state index < -0.39 is 5.41 Å². The minimum atomic E-state index is -0.599. The van der Waals surface area contributed by atoms with E-state index in [1.807, 2.05) is 0 Å². The molecule has 0 aromatic heterocycles. The topological polar surface area (TPSA) is 6.48 Å². The van der Waals surface area contributed by atoms with E-state index in [-0.39, 0.29) is 0 Å². The zero-order chi connectivity index (χ0) is 46.9. The average Bonchev–Trinajstić information content (AvgIpc) is 3.73. The molecule has 1 unspecified atom stereocenters. The molecule has 0 aliphatic heterocycles. The first-order valence-corrected chi connectivity index (χ1v) is 24.5. The number of para-hydroxylation sites is 3. The number of fused-ring (bicyclic) bond motifs is 3. The van der Waals surface area contributed by atoms with Gasteiger partial charge in [0.05, 0.1) is 16.8 Å². The van der Waals surface area contributed by atoms with Gasteiger partial charge >= 0.3 is 0 Å². The minimum absolute atomic E-state index is 0.404. The van der Waals surface area contributed by atoms with E-state index in [1.54, 1.807) is 0 Å². The van der Waals surface area contributed by atoms with Crippen molar-refractivity contribution in [3.05, 3.63) is 307 Å². The zero-order valence-electron chi connectivity index (χ0n) is 39.2. The third-order valence-corrected chi connectivity index (χ3v) is 14.4. The van der Waals surface area contributed by atoms with Crippen LogP contribution in [0.15, 0.2) is 279 Å². The molecule has 2 nitrogen and oxygen atoms in total. The first kappa shape index (κ1) is 42.6. The molecule has 2 aliphatic carbocycles. The monoisotopic (exact) mass is 896 g/mol. The Morgan fingerprint density at radius 2 is 0.871 bits per heavy atom. The maximum absolute atomic E-state index is 2.54. The molecule has 0 spiro atoms. The quantitative estimate of drug-likeness (QED) is 0.128. The highest BCUT2D eigenvalue weighted by molar-refractivity contribution is 5.99. The van der Waals surface area contributed by atoms with Crippen molar-refractivity contribution in [2.24, 2.45) is 5.92 Å². The molecular formula is C68H52N2. The lowest BCUT2D eigenvalue weighted by Gasteiger charge is -2.36.